The van der Waals surface area contributed by atoms with Crippen molar-refractivity contribution in [2.75, 3.05) is 33.3 Å². The highest BCUT2D eigenvalue weighted by Gasteiger charge is 2.22. The van der Waals surface area contributed by atoms with Crippen LogP contribution >= 0.6 is 11.8 Å². The normalized spacial score (nSPS) is 11.5. The molecule has 0 saturated carbocycles. The lowest BCUT2D eigenvalue weighted by atomic mass is 10.1. The van der Waals surface area contributed by atoms with Crippen molar-refractivity contribution in [1.82, 2.24) is 5.32 Å². The Morgan fingerprint density at radius 2 is 1.86 bits per heavy atom. The molecule has 1 atom stereocenters. The summed E-state index contributed by atoms with van der Waals surface area (Å²) in [6, 6.07) is 4.15. The first-order chi connectivity index (χ1) is 10.6. The molecule has 22 heavy (non-hydrogen) atoms. The van der Waals surface area contributed by atoms with Crippen LogP contribution in [0.3, 0.4) is 0 Å². The van der Waals surface area contributed by atoms with E-state index in [1.165, 1.54) is 21.3 Å². The molecule has 1 amide bonds. The Hall–Kier alpha value is -1.89. The number of rotatable bonds is 8. The molecule has 0 saturated heterocycles. The molecule has 0 radical (unpaired) electrons. The van der Waals surface area contributed by atoms with E-state index < -0.39 is 12.0 Å². The third-order valence-corrected chi connectivity index (χ3v) is 3.69. The monoisotopic (exact) mass is 327 g/mol. The van der Waals surface area contributed by atoms with Crippen LogP contribution in [0.25, 0.3) is 0 Å². The number of esters is 1. The molecule has 122 valence electrons. The molecule has 0 heterocycles. The molecule has 1 aromatic rings. The third kappa shape index (κ3) is 4.84. The highest BCUT2D eigenvalue weighted by Crippen LogP contribution is 2.27. The van der Waals surface area contributed by atoms with Crippen molar-refractivity contribution in [3.05, 3.63) is 23.8 Å². The number of hydrogen-bond donors (Lipinski definition) is 1. The maximum absolute atomic E-state index is 12.3. The first-order valence-corrected chi connectivity index (χ1v) is 8.06. The summed E-state index contributed by atoms with van der Waals surface area (Å²) in [7, 11) is 4.32. The Morgan fingerprint density at radius 1 is 1.18 bits per heavy atom. The van der Waals surface area contributed by atoms with Gasteiger partial charge in [-0.25, -0.2) is 4.79 Å². The zero-order valence-corrected chi connectivity index (χ0v) is 14.0. The Balaban J connectivity index is 2.87. The van der Waals surface area contributed by atoms with E-state index in [1.54, 1.807) is 30.0 Å². The van der Waals surface area contributed by atoms with Crippen LogP contribution < -0.4 is 14.8 Å². The highest BCUT2D eigenvalue weighted by molar-refractivity contribution is 7.98. The van der Waals surface area contributed by atoms with Gasteiger partial charge in [0.15, 0.2) is 11.5 Å². The molecular weight excluding hydrogens is 306 g/mol. The maximum atomic E-state index is 12.3. The van der Waals surface area contributed by atoms with Gasteiger partial charge in [-0.3, -0.25) is 4.79 Å². The van der Waals surface area contributed by atoms with Gasteiger partial charge in [-0.15, -0.1) is 0 Å². The summed E-state index contributed by atoms with van der Waals surface area (Å²) in [5, 5.41) is 2.68. The van der Waals surface area contributed by atoms with Crippen molar-refractivity contribution < 1.29 is 23.8 Å². The summed E-state index contributed by atoms with van der Waals surface area (Å²) >= 11 is 1.60. The predicted octanol–water partition coefficient (Wildman–Crippen LogP) is 1.73. The molecule has 1 aromatic carbocycles. The lowest BCUT2D eigenvalue weighted by molar-refractivity contribution is -0.142. The van der Waals surface area contributed by atoms with Gasteiger partial charge in [0.2, 0.25) is 0 Å². The van der Waals surface area contributed by atoms with E-state index in [0.29, 0.717) is 23.5 Å². The predicted molar refractivity (Wildman–Crippen MR) is 85.8 cm³/mol. The first kappa shape index (κ1) is 18.2. The second kappa shape index (κ2) is 9.19. The summed E-state index contributed by atoms with van der Waals surface area (Å²) in [5.41, 5.74) is 0.385. The van der Waals surface area contributed by atoms with Crippen molar-refractivity contribution in [3.8, 4) is 11.5 Å². The summed E-state index contributed by atoms with van der Waals surface area (Å²) in [4.78, 5) is 24.0. The number of carbonyl (C=O) groups is 2. The highest BCUT2D eigenvalue weighted by atomic mass is 32.2. The fourth-order valence-electron chi connectivity index (χ4n) is 1.85. The number of methoxy groups -OCH3 is 3. The minimum absolute atomic E-state index is 0.363. The number of benzene rings is 1. The lowest BCUT2D eigenvalue weighted by Crippen LogP contribution is -2.41. The van der Waals surface area contributed by atoms with E-state index >= 15 is 0 Å². The van der Waals surface area contributed by atoms with Crippen molar-refractivity contribution in [1.29, 1.82) is 0 Å². The molecule has 0 spiro atoms. The minimum Gasteiger partial charge on any atom is -0.493 e. The van der Waals surface area contributed by atoms with Crippen LogP contribution in [0, 0.1) is 0 Å². The fourth-order valence-corrected chi connectivity index (χ4v) is 2.32. The smallest absolute Gasteiger partial charge is 0.328 e. The summed E-state index contributed by atoms with van der Waals surface area (Å²) in [6.07, 6.45) is 2.44. The Kier molecular flexibility index (Phi) is 7.59. The van der Waals surface area contributed by atoms with Crippen molar-refractivity contribution in [2.24, 2.45) is 0 Å². The van der Waals surface area contributed by atoms with Crippen molar-refractivity contribution >= 4 is 23.6 Å². The van der Waals surface area contributed by atoms with E-state index in [2.05, 4.69) is 5.32 Å². The van der Waals surface area contributed by atoms with Gasteiger partial charge in [-0.2, -0.15) is 11.8 Å². The largest absolute Gasteiger partial charge is 0.493 e. The summed E-state index contributed by atoms with van der Waals surface area (Å²) in [6.45, 7) is 0. The summed E-state index contributed by atoms with van der Waals surface area (Å²) in [5.74, 6) is 0.909. The maximum Gasteiger partial charge on any atom is 0.328 e. The number of carbonyl (C=O) groups excluding carboxylic acids is 2. The third-order valence-electron chi connectivity index (χ3n) is 3.05. The molecule has 1 N–H and O–H groups in total. The Labute approximate surface area is 134 Å². The van der Waals surface area contributed by atoms with Crippen LogP contribution in [0.15, 0.2) is 18.2 Å². The topological polar surface area (TPSA) is 73.9 Å². The van der Waals surface area contributed by atoms with Crippen LogP contribution in [0.1, 0.15) is 16.8 Å². The molecule has 1 rings (SSSR count). The van der Waals surface area contributed by atoms with Crippen LogP contribution in [-0.4, -0.2) is 51.3 Å². The average Bonchev–Trinajstić information content (AvgIpc) is 2.56. The fraction of sp³-hybridized carbons (Fsp3) is 0.467. The number of amides is 1. The van der Waals surface area contributed by atoms with Crippen LogP contribution in [0.5, 0.6) is 11.5 Å². The lowest BCUT2D eigenvalue weighted by Gasteiger charge is -2.16. The molecule has 0 aliphatic rings. The second-order valence-electron chi connectivity index (χ2n) is 4.40. The molecule has 0 aliphatic heterocycles. The van der Waals surface area contributed by atoms with Gasteiger partial charge in [0.1, 0.15) is 6.04 Å². The van der Waals surface area contributed by atoms with Gasteiger partial charge in [-0.1, -0.05) is 0 Å². The Morgan fingerprint density at radius 3 is 2.41 bits per heavy atom. The minimum atomic E-state index is -0.668. The number of nitrogens with one attached hydrogen (secondary N) is 1. The van der Waals surface area contributed by atoms with Gasteiger partial charge >= 0.3 is 5.97 Å². The first-order valence-electron chi connectivity index (χ1n) is 6.67. The molecule has 6 nitrogen and oxygen atoms in total. The van der Waals surface area contributed by atoms with Gasteiger partial charge in [0, 0.05) is 5.56 Å². The summed E-state index contributed by atoms with van der Waals surface area (Å²) < 4.78 is 15.0. The second-order valence-corrected chi connectivity index (χ2v) is 5.39. The Bertz CT molecular complexity index is 521. The number of hydrogen-bond acceptors (Lipinski definition) is 6. The molecule has 7 heteroatoms. The van der Waals surface area contributed by atoms with Gasteiger partial charge in [-0.05, 0) is 36.6 Å². The van der Waals surface area contributed by atoms with Crippen molar-refractivity contribution in [3.63, 3.8) is 0 Å². The van der Waals surface area contributed by atoms with Crippen LogP contribution in [0.2, 0.25) is 0 Å². The standard InChI is InChI=1S/C15H21NO5S/c1-19-12-6-5-10(9-13(12)20-2)14(17)16-11(7-8-22-4)15(18)21-3/h5-6,9,11H,7-8H2,1-4H3,(H,16,17)/t11-/m0/s1. The van der Waals surface area contributed by atoms with Gasteiger partial charge < -0.3 is 19.5 Å². The zero-order valence-electron chi connectivity index (χ0n) is 13.2. The zero-order chi connectivity index (χ0) is 16.5. The van der Waals surface area contributed by atoms with E-state index in [1.807, 2.05) is 6.26 Å². The molecule has 0 unspecified atom stereocenters. The number of ether oxygens (including phenoxy) is 3. The van der Waals surface area contributed by atoms with Crippen LogP contribution in [0.4, 0.5) is 0 Å². The van der Waals surface area contributed by atoms with Gasteiger partial charge in [0.05, 0.1) is 21.3 Å². The van der Waals surface area contributed by atoms with E-state index in [-0.39, 0.29) is 5.91 Å². The van der Waals surface area contributed by atoms with E-state index in [0.717, 1.165) is 5.75 Å². The molecular formula is C15H21NO5S. The van der Waals surface area contributed by atoms with E-state index in [9.17, 15) is 9.59 Å². The molecule has 0 aliphatic carbocycles. The van der Waals surface area contributed by atoms with Gasteiger partial charge in [0.25, 0.3) is 5.91 Å². The molecule has 0 fully saturated rings. The SMILES string of the molecule is COC(=O)[C@H](CCSC)NC(=O)c1ccc(OC)c(OC)c1. The molecule has 0 bridgehead atoms. The molecule has 0 aromatic heterocycles. The van der Waals surface area contributed by atoms with Crippen LogP contribution in [-0.2, 0) is 9.53 Å². The number of thioether (sulfide) groups is 1. The van der Waals surface area contributed by atoms with Crippen molar-refractivity contribution in [2.45, 2.75) is 12.5 Å². The average molecular weight is 327 g/mol. The van der Waals surface area contributed by atoms with E-state index in [4.69, 9.17) is 14.2 Å². The quantitative estimate of drug-likeness (QED) is 0.733.